The SMILES string of the molecule is Cc1nnc(SCC(=O)O)n1-c1ccc(C(N)=O)cc1. The molecule has 0 saturated heterocycles. The van der Waals surface area contributed by atoms with Gasteiger partial charge in [0.2, 0.25) is 5.91 Å². The summed E-state index contributed by atoms with van der Waals surface area (Å²) in [6.45, 7) is 1.76. The van der Waals surface area contributed by atoms with Gasteiger partial charge in [0.25, 0.3) is 0 Å². The number of primary amides is 1. The van der Waals surface area contributed by atoms with Crippen LogP contribution in [0.3, 0.4) is 0 Å². The number of benzene rings is 1. The molecule has 20 heavy (non-hydrogen) atoms. The van der Waals surface area contributed by atoms with E-state index in [-0.39, 0.29) is 5.75 Å². The highest BCUT2D eigenvalue weighted by Crippen LogP contribution is 2.21. The lowest BCUT2D eigenvalue weighted by Gasteiger charge is -2.08. The van der Waals surface area contributed by atoms with Gasteiger partial charge in [-0.05, 0) is 31.2 Å². The van der Waals surface area contributed by atoms with Gasteiger partial charge in [-0.1, -0.05) is 11.8 Å². The summed E-state index contributed by atoms with van der Waals surface area (Å²) >= 11 is 1.08. The molecule has 1 amide bonds. The molecule has 2 aromatic rings. The van der Waals surface area contributed by atoms with Crippen LogP contribution in [-0.2, 0) is 4.79 Å². The van der Waals surface area contributed by atoms with Crippen molar-refractivity contribution in [1.82, 2.24) is 14.8 Å². The van der Waals surface area contributed by atoms with Crippen LogP contribution < -0.4 is 5.73 Å². The number of aryl methyl sites for hydroxylation is 1. The van der Waals surface area contributed by atoms with Crippen LogP contribution in [0.2, 0.25) is 0 Å². The highest BCUT2D eigenvalue weighted by Gasteiger charge is 2.13. The standard InChI is InChI=1S/C12H12N4O3S/c1-7-14-15-12(20-6-10(17)18)16(7)9-4-2-8(3-5-9)11(13)19/h2-5H,6H2,1H3,(H2,13,19)(H,17,18). The first-order valence-corrected chi connectivity index (χ1v) is 6.64. The second-order valence-electron chi connectivity index (χ2n) is 3.96. The smallest absolute Gasteiger partial charge is 0.313 e. The number of rotatable bonds is 5. The third kappa shape index (κ3) is 2.97. The molecule has 7 nitrogen and oxygen atoms in total. The lowest BCUT2D eigenvalue weighted by atomic mass is 10.2. The monoisotopic (exact) mass is 292 g/mol. The first-order valence-electron chi connectivity index (χ1n) is 5.66. The van der Waals surface area contributed by atoms with Crippen molar-refractivity contribution >= 4 is 23.6 Å². The molecule has 0 atom stereocenters. The summed E-state index contributed by atoms with van der Waals surface area (Å²) in [6.07, 6.45) is 0. The van der Waals surface area contributed by atoms with Crippen molar-refractivity contribution in [3.05, 3.63) is 35.7 Å². The molecule has 0 saturated carbocycles. The number of carbonyl (C=O) groups is 2. The van der Waals surface area contributed by atoms with Gasteiger partial charge in [-0.3, -0.25) is 14.2 Å². The van der Waals surface area contributed by atoms with Gasteiger partial charge in [0.15, 0.2) is 5.16 Å². The van der Waals surface area contributed by atoms with Gasteiger partial charge in [0.05, 0.1) is 5.75 Å². The lowest BCUT2D eigenvalue weighted by Crippen LogP contribution is -2.11. The lowest BCUT2D eigenvalue weighted by molar-refractivity contribution is -0.133. The molecule has 0 unspecified atom stereocenters. The van der Waals surface area contributed by atoms with Gasteiger partial charge in [0.1, 0.15) is 5.82 Å². The fourth-order valence-corrected chi connectivity index (χ4v) is 2.35. The van der Waals surface area contributed by atoms with Crippen molar-refractivity contribution in [2.45, 2.75) is 12.1 Å². The molecule has 1 aromatic heterocycles. The Morgan fingerprint density at radius 1 is 1.30 bits per heavy atom. The Labute approximate surface area is 118 Å². The highest BCUT2D eigenvalue weighted by atomic mass is 32.2. The van der Waals surface area contributed by atoms with Crippen molar-refractivity contribution in [2.75, 3.05) is 5.75 Å². The van der Waals surface area contributed by atoms with Crippen LogP contribution in [-0.4, -0.2) is 37.5 Å². The van der Waals surface area contributed by atoms with Gasteiger partial charge >= 0.3 is 5.97 Å². The van der Waals surface area contributed by atoms with E-state index >= 15 is 0 Å². The zero-order chi connectivity index (χ0) is 14.7. The number of carboxylic acids is 1. The quantitative estimate of drug-likeness (QED) is 0.790. The molecule has 2 rings (SSSR count). The third-order valence-corrected chi connectivity index (χ3v) is 3.44. The Hall–Kier alpha value is -2.35. The molecule has 0 aliphatic heterocycles. The summed E-state index contributed by atoms with van der Waals surface area (Å²) in [4.78, 5) is 21.6. The molecule has 104 valence electrons. The molecule has 0 bridgehead atoms. The number of nitrogens with two attached hydrogens (primary N) is 1. The maximum atomic E-state index is 11.0. The van der Waals surface area contributed by atoms with E-state index < -0.39 is 11.9 Å². The average molecular weight is 292 g/mol. The number of aliphatic carboxylic acids is 1. The third-order valence-electron chi connectivity index (χ3n) is 2.53. The van der Waals surface area contributed by atoms with E-state index in [1.165, 1.54) is 0 Å². The minimum Gasteiger partial charge on any atom is -0.481 e. The van der Waals surface area contributed by atoms with Crippen LogP contribution in [0.4, 0.5) is 0 Å². The first kappa shape index (κ1) is 14.1. The first-order chi connectivity index (χ1) is 9.49. The summed E-state index contributed by atoms with van der Waals surface area (Å²) in [7, 11) is 0. The molecular weight excluding hydrogens is 280 g/mol. The largest absolute Gasteiger partial charge is 0.481 e. The van der Waals surface area contributed by atoms with Crippen LogP contribution in [0.5, 0.6) is 0 Å². The van der Waals surface area contributed by atoms with Crippen molar-refractivity contribution in [2.24, 2.45) is 5.73 Å². The highest BCUT2D eigenvalue weighted by molar-refractivity contribution is 7.99. The van der Waals surface area contributed by atoms with E-state index in [1.54, 1.807) is 35.8 Å². The normalized spacial score (nSPS) is 10.4. The molecule has 0 spiro atoms. The zero-order valence-electron chi connectivity index (χ0n) is 10.6. The fraction of sp³-hybridized carbons (Fsp3) is 0.167. The van der Waals surface area contributed by atoms with Crippen molar-refractivity contribution in [3.63, 3.8) is 0 Å². The predicted molar refractivity (Wildman–Crippen MR) is 73.0 cm³/mol. The van der Waals surface area contributed by atoms with Crippen molar-refractivity contribution in [3.8, 4) is 5.69 Å². The van der Waals surface area contributed by atoms with Crippen LogP contribution in [0, 0.1) is 6.92 Å². The summed E-state index contributed by atoms with van der Waals surface area (Å²) in [5.74, 6) is -0.897. The molecular formula is C12H12N4O3S. The van der Waals surface area contributed by atoms with Crippen LogP contribution in [0.1, 0.15) is 16.2 Å². The molecule has 1 aromatic carbocycles. The van der Waals surface area contributed by atoms with Gasteiger partial charge in [-0.25, -0.2) is 0 Å². The van der Waals surface area contributed by atoms with Gasteiger partial charge in [-0.2, -0.15) is 0 Å². The Kier molecular flexibility index (Phi) is 4.04. The van der Waals surface area contributed by atoms with Crippen LogP contribution in [0.15, 0.2) is 29.4 Å². The average Bonchev–Trinajstić information content (AvgIpc) is 2.77. The van der Waals surface area contributed by atoms with Gasteiger partial charge in [0, 0.05) is 11.3 Å². The Balaban J connectivity index is 2.33. The summed E-state index contributed by atoms with van der Waals surface area (Å²) in [5.41, 5.74) is 6.33. The van der Waals surface area contributed by atoms with E-state index in [0.717, 1.165) is 17.4 Å². The van der Waals surface area contributed by atoms with E-state index in [9.17, 15) is 9.59 Å². The number of amides is 1. The second-order valence-corrected chi connectivity index (χ2v) is 4.90. The number of thioether (sulfide) groups is 1. The second kappa shape index (κ2) is 5.74. The van der Waals surface area contributed by atoms with Crippen LogP contribution >= 0.6 is 11.8 Å². The van der Waals surface area contributed by atoms with Crippen LogP contribution in [0.25, 0.3) is 5.69 Å². The molecule has 0 radical (unpaired) electrons. The summed E-state index contributed by atoms with van der Waals surface area (Å²) in [5, 5.41) is 17.1. The number of nitrogens with zero attached hydrogens (tertiary/aromatic N) is 3. The predicted octanol–water partition coefficient (Wildman–Crippen LogP) is 0.851. The Morgan fingerprint density at radius 3 is 2.50 bits per heavy atom. The topological polar surface area (TPSA) is 111 Å². The van der Waals surface area contributed by atoms with Gasteiger partial charge < -0.3 is 10.8 Å². The maximum Gasteiger partial charge on any atom is 0.313 e. The summed E-state index contributed by atoms with van der Waals surface area (Å²) in [6, 6.07) is 6.62. The molecule has 0 aliphatic rings. The van der Waals surface area contributed by atoms with Gasteiger partial charge in [-0.15, -0.1) is 10.2 Å². The minimum atomic E-state index is -0.925. The Bertz CT molecular complexity index is 651. The zero-order valence-corrected chi connectivity index (χ0v) is 11.4. The number of hydrogen-bond acceptors (Lipinski definition) is 5. The molecule has 0 aliphatic carbocycles. The Morgan fingerprint density at radius 2 is 1.95 bits per heavy atom. The van der Waals surface area contributed by atoms with E-state index in [0.29, 0.717) is 16.5 Å². The molecule has 8 heteroatoms. The van der Waals surface area contributed by atoms with E-state index in [4.69, 9.17) is 10.8 Å². The number of carbonyl (C=O) groups excluding carboxylic acids is 1. The van der Waals surface area contributed by atoms with E-state index in [2.05, 4.69) is 10.2 Å². The number of hydrogen-bond donors (Lipinski definition) is 2. The van der Waals surface area contributed by atoms with Crippen molar-refractivity contribution in [1.29, 1.82) is 0 Å². The number of aromatic nitrogens is 3. The minimum absolute atomic E-state index is 0.0997. The summed E-state index contributed by atoms with van der Waals surface area (Å²) < 4.78 is 1.72. The van der Waals surface area contributed by atoms with Crippen molar-refractivity contribution < 1.29 is 14.7 Å². The fourth-order valence-electron chi connectivity index (χ4n) is 1.63. The van der Waals surface area contributed by atoms with E-state index in [1.807, 2.05) is 0 Å². The maximum absolute atomic E-state index is 11.0. The molecule has 3 N–H and O–H groups in total. The molecule has 1 heterocycles. The number of carboxylic acid groups (broad SMARTS) is 1. The molecule has 0 fully saturated rings.